The largest absolute Gasteiger partial charge is 0.507 e. The van der Waals surface area contributed by atoms with Crippen molar-refractivity contribution in [2.45, 2.75) is 27.7 Å². The lowest BCUT2D eigenvalue weighted by molar-refractivity contribution is 0.467. The van der Waals surface area contributed by atoms with Crippen molar-refractivity contribution in [3.8, 4) is 5.75 Å². The SMILES string of the molecule is Cc1cc(Nc2cc(C)c(O)c(C)c2)c(N)c(C)c1N. The average molecular weight is 271 g/mol. The van der Waals surface area contributed by atoms with Gasteiger partial charge in [0.25, 0.3) is 0 Å². The number of aromatic hydroxyl groups is 1. The van der Waals surface area contributed by atoms with Gasteiger partial charge in [-0.25, -0.2) is 0 Å². The highest BCUT2D eigenvalue weighted by molar-refractivity contribution is 5.81. The van der Waals surface area contributed by atoms with Crippen LogP contribution < -0.4 is 16.8 Å². The molecule has 0 spiro atoms. The fraction of sp³-hybridized carbons (Fsp3) is 0.250. The molecule has 0 saturated heterocycles. The van der Waals surface area contributed by atoms with E-state index in [4.69, 9.17) is 11.5 Å². The standard InChI is InChI=1S/C16H21N3O/c1-8-7-13(15(18)11(4)14(8)17)19-12-5-9(2)16(20)10(3)6-12/h5-7,19-20H,17-18H2,1-4H3. The van der Waals surface area contributed by atoms with Crippen LogP contribution in [0.25, 0.3) is 0 Å². The van der Waals surface area contributed by atoms with Crippen LogP contribution in [0.15, 0.2) is 18.2 Å². The van der Waals surface area contributed by atoms with Crippen LogP contribution >= 0.6 is 0 Å². The Labute approximate surface area is 119 Å². The number of phenolic OH excluding ortho intramolecular Hbond substituents is 1. The quantitative estimate of drug-likeness (QED) is 0.497. The molecule has 0 heterocycles. The first-order valence-corrected chi connectivity index (χ1v) is 6.53. The average Bonchev–Trinajstić information content (AvgIpc) is 2.39. The summed E-state index contributed by atoms with van der Waals surface area (Å²) in [5, 5.41) is 13.1. The van der Waals surface area contributed by atoms with Gasteiger partial charge in [-0.05, 0) is 68.1 Å². The number of nitrogens with two attached hydrogens (primary N) is 2. The lowest BCUT2D eigenvalue weighted by Gasteiger charge is -2.16. The first-order valence-electron chi connectivity index (χ1n) is 6.53. The first kappa shape index (κ1) is 14.1. The van der Waals surface area contributed by atoms with Crippen LogP contribution in [0.2, 0.25) is 0 Å². The number of phenols is 1. The molecule has 0 aromatic heterocycles. The molecule has 0 radical (unpaired) electrons. The molecule has 0 saturated carbocycles. The van der Waals surface area contributed by atoms with E-state index >= 15 is 0 Å². The van der Waals surface area contributed by atoms with Crippen molar-refractivity contribution in [3.05, 3.63) is 40.5 Å². The predicted molar refractivity (Wildman–Crippen MR) is 85.6 cm³/mol. The van der Waals surface area contributed by atoms with E-state index < -0.39 is 0 Å². The summed E-state index contributed by atoms with van der Waals surface area (Å²) in [4.78, 5) is 0. The summed E-state index contributed by atoms with van der Waals surface area (Å²) in [5.74, 6) is 0.327. The highest BCUT2D eigenvalue weighted by atomic mass is 16.3. The number of rotatable bonds is 2. The minimum absolute atomic E-state index is 0.327. The summed E-state index contributed by atoms with van der Waals surface area (Å²) in [6.45, 7) is 7.61. The van der Waals surface area contributed by atoms with Crippen LogP contribution in [-0.4, -0.2) is 5.11 Å². The number of hydrogen-bond donors (Lipinski definition) is 4. The van der Waals surface area contributed by atoms with Gasteiger partial charge in [0.2, 0.25) is 0 Å². The van der Waals surface area contributed by atoms with Crippen molar-refractivity contribution in [1.29, 1.82) is 0 Å². The van der Waals surface area contributed by atoms with E-state index in [0.29, 0.717) is 11.4 Å². The molecule has 2 aromatic rings. The lowest BCUT2D eigenvalue weighted by atomic mass is 10.0. The summed E-state index contributed by atoms with van der Waals surface area (Å²) in [6, 6.07) is 5.72. The van der Waals surface area contributed by atoms with E-state index in [1.165, 1.54) is 0 Å². The Morgan fingerprint density at radius 1 is 0.850 bits per heavy atom. The molecule has 2 rings (SSSR count). The van der Waals surface area contributed by atoms with Crippen LogP contribution in [0.5, 0.6) is 5.75 Å². The molecule has 20 heavy (non-hydrogen) atoms. The summed E-state index contributed by atoms with van der Waals surface area (Å²) < 4.78 is 0. The number of aryl methyl sites for hydroxylation is 3. The summed E-state index contributed by atoms with van der Waals surface area (Å²) in [7, 11) is 0. The van der Waals surface area contributed by atoms with Gasteiger partial charge in [0.1, 0.15) is 5.75 Å². The smallest absolute Gasteiger partial charge is 0.121 e. The van der Waals surface area contributed by atoms with E-state index in [1.54, 1.807) is 0 Å². The fourth-order valence-corrected chi connectivity index (χ4v) is 2.30. The van der Waals surface area contributed by atoms with Gasteiger partial charge in [0.05, 0.1) is 11.4 Å². The third-order valence-corrected chi connectivity index (χ3v) is 3.65. The minimum Gasteiger partial charge on any atom is -0.507 e. The molecule has 106 valence electrons. The Hall–Kier alpha value is -2.36. The normalized spacial score (nSPS) is 10.6. The Morgan fingerprint density at radius 2 is 1.40 bits per heavy atom. The van der Waals surface area contributed by atoms with Gasteiger partial charge in [0, 0.05) is 11.4 Å². The molecule has 0 bridgehead atoms. The predicted octanol–water partition coefficient (Wildman–Crippen LogP) is 3.53. The zero-order valence-corrected chi connectivity index (χ0v) is 12.3. The topological polar surface area (TPSA) is 84.3 Å². The highest BCUT2D eigenvalue weighted by Gasteiger charge is 2.10. The molecule has 0 atom stereocenters. The third-order valence-electron chi connectivity index (χ3n) is 3.65. The number of benzene rings is 2. The number of nitrogen functional groups attached to an aromatic ring is 2. The second kappa shape index (κ2) is 4.96. The van der Waals surface area contributed by atoms with E-state index in [2.05, 4.69) is 5.32 Å². The minimum atomic E-state index is 0.327. The van der Waals surface area contributed by atoms with Crippen LogP contribution in [0.4, 0.5) is 22.7 Å². The molecule has 4 nitrogen and oxygen atoms in total. The number of nitrogens with one attached hydrogen (secondary N) is 1. The van der Waals surface area contributed by atoms with Crippen molar-refractivity contribution in [2.75, 3.05) is 16.8 Å². The Bertz CT molecular complexity index is 655. The zero-order chi connectivity index (χ0) is 15.0. The van der Waals surface area contributed by atoms with Crippen molar-refractivity contribution in [1.82, 2.24) is 0 Å². The van der Waals surface area contributed by atoms with E-state index in [0.717, 1.165) is 39.3 Å². The lowest BCUT2D eigenvalue weighted by Crippen LogP contribution is -2.04. The summed E-state index contributed by atoms with van der Waals surface area (Å²) in [6.07, 6.45) is 0. The maximum absolute atomic E-state index is 9.81. The molecule has 0 aliphatic carbocycles. The van der Waals surface area contributed by atoms with Gasteiger partial charge in [-0.2, -0.15) is 0 Å². The molecule has 2 aromatic carbocycles. The van der Waals surface area contributed by atoms with Crippen molar-refractivity contribution in [3.63, 3.8) is 0 Å². The molecule has 4 heteroatoms. The molecule has 6 N–H and O–H groups in total. The number of hydrogen-bond acceptors (Lipinski definition) is 4. The summed E-state index contributed by atoms with van der Waals surface area (Å²) in [5.41, 5.74) is 18.7. The molecule has 0 aliphatic rings. The van der Waals surface area contributed by atoms with Crippen LogP contribution in [-0.2, 0) is 0 Å². The maximum atomic E-state index is 9.81. The van der Waals surface area contributed by atoms with Crippen LogP contribution in [0.1, 0.15) is 22.3 Å². The molecular weight excluding hydrogens is 250 g/mol. The second-order valence-electron chi connectivity index (χ2n) is 5.28. The molecule has 0 aliphatic heterocycles. The van der Waals surface area contributed by atoms with Crippen LogP contribution in [0, 0.1) is 27.7 Å². The summed E-state index contributed by atoms with van der Waals surface area (Å²) >= 11 is 0. The van der Waals surface area contributed by atoms with Gasteiger partial charge < -0.3 is 21.9 Å². The highest BCUT2D eigenvalue weighted by Crippen LogP contribution is 2.34. The fourth-order valence-electron chi connectivity index (χ4n) is 2.30. The maximum Gasteiger partial charge on any atom is 0.121 e. The van der Waals surface area contributed by atoms with Gasteiger partial charge in [0.15, 0.2) is 0 Å². The van der Waals surface area contributed by atoms with Gasteiger partial charge >= 0.3 is 0 Å². The molecule has 0 amide bonds. The monoisotopic (exact) mass is 271 g/mol. The van der Waals surface area contributed by atoms with Gasteiger partial charge in [-0.1, -0.05) is 0 Å². The van der Waals surface area contributed by atoms with E-state index in [-0.39, 0.29) is 0 Å². The molecule has 0 fully saturated rings. The first-order chi connectivity index (χ1) is 9.31. The van der Waals surface area contributed by atoms with Gasteiger partial charge in [-0.3, -0.25) is 0 Å². The number of anilines is 4. The zero-order valence-electron chi connectivity index (χ0n) is 12.3. The Balaban J connectivity index is 2.45. The molecule has 0 unspecified atom stereocenters. The third kappa shape index (κ3) is 2.37. The Morgan fingerprint density at radius 3 is 1.95 bits per heavy atom. The van der Waals surface area contributed by atoms with Gasteiger partial charge in [-0.15, -0.1) is 0 Å². The van der Waals surface area contributed by atoms with E-state index in [9.17, 15) is 5.11 Å². The van der Waals surface area contributed by atoms with Crippen LogP contribution in [0.3, 0.4) is 0 Å². The Kier molecular flexibility index (Phi) is 3.49. The van der Waals surface area contributed by atoms with Crippen molar-refractivity contribution in [2.24, 2.45) is 0 Å². The van der Waals surface area contributed by atoms with Crippen molar-refractivity contribution < 1.29 is 5.11 Å². The van der Waals surface area contributed by atoms with E-state index in [1.807, 2.05) is 45.9 Å². The molecular formula is C16H21N3O. The van der Waals surface area contributed by atoms with Crippen molar-refractivity contribution >= 4 is 22.7 Å². The second-order valence-corrected chi connectivity index (χ2v) is 5.28.